The molecule has 1 amide bonds. The van der Waals surface area contributed by atoms with Crippen molar-refractivity contribution in [2.75, 3.05) is 18.4 Å². The van der Waals surface area contributed by atoms with Crippen LogP contribution in [0.1, 0.15) is 31.6 Å². The molecule has 2 heterocycles. The molecule has 1 aliphatic heterocycles. The summed E-state index contributed by atoms with van der Waals surface area (Å²) >= 11 is 3.20. The van der Waals surface area contributed by atoms with Crippen LogP contribution < -0.4 is 5.32 Å². The number of rotatable bonds is 5. The van der Waals surface area contributed by atoms with E-state index in [1.165, 1.54) is 24.3 Å². The van der Waals surface area contributed by atoms with Gasteiger partial charge in [-0.25, -0.2) is 8.78 Å². The molecule has 0 saturated carbocycles. The first-order chi connectivity index (χ1) is 14.9. The van der Waals surface area contributed by atoms with E-state index in [0.29, 0.717) is 28.3 Å². The standard InChI is InChI=1S/C22H21BrF2N4O2/c1-13(21(30)26-19-9-6-16(23)11-18(19)25)29-10-2-3-15(12-29)22-27-20(28-31-22)14-4-7-17(24)8-5-14/h4-9,11,13,15H,2-3,10,12H2,1H3,(H,26,30). The lowest BCUT2D eigenvalue weighted by molar-refractivity contribution is -0.121. The van der Waals surface area contributed by atoms with Gasteiger partial charge in [0.15, 0.2) is 0 Å². The minimum Gasteiger partial charge on any atom is -0.339 e. The Balaban J connectivity index is 1.42. The normalized spacial score (nSPS) is 18.0. The van der Waals surface area contributed by atoms with Gasteiger partial charge in [0.25, 0.3) is 0 Å². The van der Waals surface area contributed by atoms with Crippen LogP contribution in [0.4, 0.5) is 14.5 Å². The highest BCUT2D eigenvalue weighted by atomic mass is 79.9. The van der Waals surface area contributed by atoms with Gasteiger partial charge in [0.2, 0.25) is 17.6 Å². The summed E-state index contributed by atoms with van der Waals surface area (Å²) in [6.45, 7) is 3.11. The fourth-order valence-electron chi connectivity index (χ4n) is 3.67. The maximum Gasteiger partial charge on any atom is 0.241 e. The van der Waals surface area contributed by atoms with Gasteiger partial charge in [-0.1, -0.05) is 21.1 Å². The van der Waals surface area contributed by atoms with Crippen molar-refractivity contribution in [1.82, 2.24) is 15.0 Å². The molecule has 1 N–H and O–H groups in total. The Morgan fingerprint density at radius 2 is 2.03 bits per heavy atom. The third kappa shape index (κ3) is 4.99. The highest BCUT2D eigenvalue weighted by Gasteiger charge is 2.31. The topological polar surface area (TPSA) is 71.3 Å². The second-order valence-electron chi connectivity index (χ2n) is 7.59. The molecular weight excluding hydrogens is 470 g/mol. The second-order valence-corrected chi connectivity index (χ2v) is 8.50. The first-order valence-corrected chi connectivity index (χ1v) is 10.8. The number of nitrogens with zero attached hydrogens (tertiary/aromatic N) is 3. The van der Waals surface area contributed by atoms with Gasteiger partial charge in [-0.3, -0.25) is 9.69 Å². The molecule has 0 bridgehead atoms. The van der Waals surface area contributed by atoms with Crippen molar-refractivity contribution in [2.45, 2.75) is 31.7 Å². The number of anilines is 1. The van der Waals surface area contributed by atoms with Crippen LogP contribution in [-0.2, 0) is 4.79 Å². The number of hydrogen-bond donors (Lipinski definition) is 1. The number of halogens is 3. The van der Waals surface area contributed by atoms with Gasteiger partial charge in [0.05, 0.1) is 17.6 Å². The first-order valence-electron chi connectivity index (χ1n) is 10.00. The Bertz CT molecular complexity index is 1070. The van der Waals surface area contributed by atoms with Crippen molar-refractivity contribution >= 4 is 27.5 Å². The number of aromatic nitrogens is 2. The molecule has 9 heteroatoms. The SMILES string of the molecule is CC(C(=O)Nc1ccc(Br)cc1F)N1CCCC(c2nc(-c3ccc(F)cc3)no2)C1. The van der Waals surface area contributed by atoms with Crippen LogP contribution in [0.25, 0.3) is 11.4 Å². The Kier molecular flexibility index (Phi) is 6.43. The number of hydrogen-bond acceptors (Lipinski definition) is 5. The van der Waals surface area contributed by atoms with Gasteiger partial charge in [-0.2, -0.15) is 4.98 Å². The maximum absolute atomic E-state index is 14.1. The molecule has 1 saturated heterocycles. The summed E-state index contributed by atoms with van der Waals surface area (Å²) in [5.41, 5.74) is 0.822. The third-order valence-corrected chi connectivity index (χ3v) is 5.96. The van der Waals surface area contributed by atoms with Gasteiger partial charge in [-0.05, 0) is 68.8 Å². The average molecular weight is 491 g/mol. The number of carbonyl (C=O) groups excluding carboxylic acids is 1. The van der Waals surface area contributed by atoms with Crippen molar-refractivity contribution in [3.05, 3.63) is 64.5 Å². The van der Waals surface area contributed by atoms with Crippen molar-refractivity contribution in [1.29, 1.82) is 0 Å². The van der Waals surface area contributed by atoms with Crippen LogP contribution in [0.3, 0.4) is 0 Å². The van der Waals surface area contributed by atoms with E-state index in [1.54, 1.807) is 25.1 Å². The zero-order chi connectivity index (χ0) is 22.0. The number of benzene rings is 2. The van der Waals surface area contributed by atoms with Crippen molar-refractivity contribution in [3.8, 4) is 11.4 Å². The van der Waals surface area contributed by atoms with Crippen LogP contribution in [0.5, 0.6) is 0 Å². The van der Waals surface area contributed by atoms with E-state index in [4.69, 9.17) is 4.52 Å². The lowest BCUT2D eigenvalue weighted by atomic mass is 9.96. The molecule has 2 aromatic carbocycles. The summed E-state index contributed by atoms with van der Waals surface area (Å²) in [5.74, 6) is -0.218. The molecule has 162 valence electrons. The molecule has 0 radical (unpaired) electrons. The van der Waals surface area contributed by atoms with Crippen molar-refractivity contribution in [2.24, 2.45) is 0 Å². The minimum absolute atomic E-state index is 0.0184. The zero-order valence-electron chi connectivity index (χ0n) is 16.8. The molecule has 6 nitrogen and oxygen atoms in total. The fourth-order valence-corrected chi connectivity index (χ4v) is 4.00. The van der Waals surface area contributed by atoms with E-state index in [1.807, 2.05) is 4.90 Å². The van der Waals surface area contributed by atoms with Crippen LogP contribution in [0.2, 0.25) is 0 Å². The maximum atomic E-state index is 14.1. The quantitative estimate of drug-likeness (QED) is 0.545. The van der Waals surface area contributed by atoms with E-state index in [9.17, 15) is 13.6 Å². The van der Waals surface area contributed by atoms with E-state index in [0.717, 1.165) is 19.4 Å². The summed E-state index contributed by atoms with van der Waals surface area (Å²) in [5, 5.41) is 6.68. The van der Waals surface area contributed by atoms with Crippen LogP contribution in [0.15, 0.2) is 51.5 Å². The molecule has 31 heavy (non-hydrogen) atoms. The molecule has 3 aromatic rings. The first kappa shape index (κ1) is 21.6. The minimum atomic E-state index is -0.495. The Labute approximate surface area is 186 Å². The number of likely N-dealkylation sites (tertiary alicyclic amines) is 1. The van der Waals surface area contributed by atoms with E-state index < -0.39 is 11.9 Å². The molecular formula is C22H21BrF2N4O2. The number of piperidine rings is 1. The van der Waals surface area contributed by atoms with Gasteiger partial charge in [0, 0.05) is 16.6 Å². The van der Waals surface area contributed by atoms with Gasteiger partial charge in [0.1, 0.15) is 11.6 Å². The third-order valence-electron chi connectivity index (χ3n) is 5.46. The molecule has 4 rings (SSSR count). The molecule has 1 aliphatic rings. The average Bonchev–Trinajstić information content (AvgIpc) is 3.26. The molecule has 1 fully saturated rings. The summed E-state index contributed by atoms with van der Waals surface area (Å²) in [4.78, 5) is 19.2. The van der Waals surface area contributed by atoms with E-state index >= 15 is 0 Å². The van der Waals surface area contributed by atoms with Crippen LogP contribution >= 0.6 is 15.9 Å². The van der Waals surface area contributed by atoms with Gasteiger partial charge < -0.3 is 9.84 Å². The van der Waals surface area contributed by atoms with Crippen molar-refractivity contribution < 1.29 is 18.1 Å². The summed E-state index contributed by atoms with van der Waals surface area (Å²) < 4.78 is 33.3. The fraction of sp³-hybridized carbons (Fsp3) is 0.318. The van der Waals surface area contributed by atoms with Crippen LogP contribution in [-0.4, -0.2) is 40.1 Å². The number of amides is 1. The Morgan fingerprint density at radius 3 is 2.77 bits per heavy atom. The highest BCUT2D eigenvalue weighted by molar-refractivity contribution is 9.10. The van der Waals surface area contributed by atoms with Gasteiger partial charge in [-0.15, -0.1) is 0 Å². The molecule has 0 aliphatic carbocycles. The zero-order valence-corrected chi connectivity index (χ0v) is 18.4. The number of nitrogens with one attached hydrogen (secondary N) is 1. The monoisotopic (exact) mass is 490 g/mol. The Morgan fingerprint density at radius 1 is 1.26 bits per heavy atom. The summed E-state index contributed by atoms with van der Waals surface area (Å²) in [7, 11) is 0. The largest absolute Gasteiger partial charge is 0.339 e. The smallest absolute Gasteiger partial charge is 0.241 e. The lowest BCUT2D eigenvalue weighted by Crippen LogP contribution is -2.46. The molecule has 0 spiro atoms. The predicted molar refractivity (Wildman–Crippen MR) is 115 cm³/mol. The second kappa shape index (κ2) is 9.23. The number of carbonyl (C=O) groups is 1. The summed E-state index contributed by atoms with van der Waals surface area (Å²) in [6.07, 6.45) is 1.72. The Hall–Kier alpha value is -2.65. The lowest BCUT2D eigenvalue weighted by Gasteiger charge is -2.34. The predicted octanol–water partition coefficient (Wildman–Crippen LogP) is 4.98. The summed E-state index contributed by atoms with van der Waals surface area (Å²) in [6, 6.07) is 9.96. The van der Waals surface area contributed by atoms with E-state index in [2.05, 4.69) is 31.4 Å². The van der Waals surface area contributed by atoms with Crippen molar-refractivity contribution in [3.63, 3.8) is 0 Å². The van der Waals surface area contributed by atoms with Crippen LogP contribution in [0, 0.1) is 11.6 Å². The molecule has 2 atom stereocenters. The molecule has 2 unspecified atom stereocenters. The van der Waals surface area contributed by atoms with E-state index in [-0.39, 0.29) is 23.3 Å². The van der Waals surface area contributed by atoms with Gasteiger partial charge >= 0.3 is 0 Å². The highest BCUT2D eigenvalue weighted by Crippen LogP contribution is 2.29. The molecule has 1 aromatic heterocycles.